The Bertz CT molecular complexity index is 532. The first-order chi connectivity index (χ1) is 8.15. The minimum absolute atomic E-state index is 0.252. The molecule has 0 saturated heterocycles. The standard InChI is InChI=1S/C12H9Br2FN2/c13-8-4-11(14)12(17-6-8)7-16-10-3-1-2-9(15)5-10/h1-6,16H,7H2. The minimum atomic E-state index is -0.252. The second kappa shape index (κ2) is 5.60. The molecule has 0 amide bonds. The van der Waals surface area contributed by atoms with Crippen LogP contribution in [-0.4, -0.2) is 4.98 Å². The maximum atomic E-state index is 13.0. The van der Waals surface area contributed by atoms with Gasteiger partial charge in [-0.2, -0.15) is 0 Å². The molecule has 2 nitrogen and oxygen atoms in total. The molecule has 2 rings (SSSR count). The van der Waals surface area contributed by atoms with E-state index >= 15 is 0 Å². The van der Waals surface area contributed by atoms with Crippen molar-refractivity contribution in [1.82, 2.24) is 4.98 Å². The van der Waals surface area contributed by atoms with Crippen molar-refractivity contribution in [3.8, 4) is 0 Å². The molecular formula is C12H9Br2FN2. The van der Waals surface area contributed by atoms with Gasteiger partial charge in [0.1, 0.15) is 5.82 Å². The smallest absolute Gasteiger partial charge is 0.125 e. The van der Waals surface area contributed by atoms with Crippen molar-refractivity contribution < 1.29 is 4.39 Å². The zero-order valence-corrected chi connectivity index (χ0v) is 11.9. The Labute approximate surface area is 116 Å². The van der Waals surface area contributed by atoms with Gasteiger partial charge in [0.05, 0.1) is 12.2 Å². The van der Waals surface area contributed by atoms with Gasteiger partial charge in [-0.3, -0.25) is 4.98 Å². The van der Waals surface area contributed by atoms with E-state index in [1.807, 2.05) is 12.1 Å². The second-order valence-electron chi connectivity index (χ2n) is 3.45. The molecule has 0 aliphatic rings. The van der Waals surface area contributed by atoms with Crippen LogP contribution in [0.4, 0.5) is 10.1 Å². The second-order valence-corrected chi connectivity index (χ2v) is 5.22. The van der Waals surface area contributed by atoms with E-state index in [0.717, 1.165) is 20.3 Å². The fraction of sp³-hybridized carbons (Fsp3) is 0.0833. The zero-order valence-electron chi connectivity index (χ0n) is 8.75. The number of hydrogen-bond donors (Lipinski definition) is 1. The van der Waals surface area contributed by atoms with E-state index in [1.54, 1.807) is 12.3 Å². The fourth-order valence-electron chi connectivity index (χ4n) is 1.36. The maximum Gasteiger partial charge on any atom is 0.125 e. The Morgan fingerprint density at radius 2 is 2.06 bits per heavy atom. The van der Waals surface area contributed by atoms with Crippen LogP contribution in [0.25, 0.3) is 0 Å². The Balaban J connectivity index is 2.07. The molecule has 17 heavy (non-hydrogen) atoms. The van der Waals surface area contributed by atoms with E-state index in [9.17, 15) is 4.39 Å². The highest BCUT2D eigenvalue weighted by Crippen LogP contribution is 2.20. The quantitative estimate of drug-likeness (QED) is 0.880. The Morgan fingerprint density at radius 3 is 2.76 bits per heavy atom. The molecule has 0 spiro atoms. The van der Waals surface area contributed by atoms with Crippen molar-refractivity contribution >= 4 is 37.5 Å². The van der Waals surface area contributed by atoms with Crippen molar-refractivity contribution in [3.05, 3.63) is 57.0 Å². The molecule has 0 aliphatic heterocycles. The van der Waals surface area contributed by atoms with Crippen LogP contribution in [0.3, 0.4) is 0 Å². The van der Waals surface area contributed by atoms with Crippen molar-refractivity contribution in [1.29, 1.82) is 0 Å². The van der Waals surface area contributed by atoms with E-state index in [-0.39, 0.29) is 5.82 Å². The molecule has 0 fully saturated rings. The van der Waals surface area contributed by atoms with Gasteiger partial charge in [0.15, 0.2) is 0 Å². The van der Waals surface area contributed by atoms with Crippen LogP contribution in [0.1, 0.15) is 5.69 Å². The van der Waals surface area contributed by atoms with Crippen LogP contribution < -0.4 is 5.32 Å². The first-order valence-electron chi connectivity index (χ1n) is 4.94. The monoisotopic (exact) mass is 358 g/mol. The molecule has 1 aromatic carbocycles. The summed E-state index contributed by atoms with van der Waals surface area (Å²) in [5, 5.41) is 3.11. The SMILES string of the molecule is Fc1cccc(NCc2ncc(Br)cc2Br)c1. The normalized spacial score (nSPS) is 10.3. The summed E-state index contributed by atoms with van der Waals surface area (Å²) >= 11 is 6.77. The Hall–Kier alpha value is -0.940. The summed E-state index contributed by atoms with van der Waals surface area (Å²) in [5.74, 6) is -0.252. The van der Waals surface area contributed by atoms with E-state index < -0.39 is 0 Å². The van der Waals surface area contributed by atoms with Gasteiger partial charge in [-0.15, -0.1) is 0 Å². The summed E-state index contributed by atoms with van der Waals surface area (Å²) in [6, 6.07) is 8.28. The highest BCUT2D eigenvalue weighted by atomic mass is 79.9. The number of nitrogens with one attached hydrogen (secondary N) is 1. The lowest BCUT2D eigenvalue weighted by molar-refractivity contribution is 0.628. The number of halogens is 3. The van der Waals surface area contributed by atoms with Crippen molar-refractivity contribution in [2.45, 2.75) is 6.54 Å². The van der Waals surface area contributed by atoms with Gasteiger partial charge in [0.25, 0.3) is 0 Å². The van der Waals surface area contributed by atoms with Gasteiger partial charge in [0, 0.05) is 20.8 Å². The van der Waals surface area contributed by atoms with Crippen LogP contribution in [-0.2, 0) is 6.54 Å². The van der Waals surface area contributed by atoms with Gasteiger partial charge >= 0.3 is 0 Å². The molecule has 0 aliphatic carbocycles. The van der Waals surface area contributed by atoms with Crippen LogP contribution in [0, 0.1) is 5.82 Å². The van der Waals surface area contributed by atoms with Gasteiger partial charge < -0.3 is 5.32 Å². The van der Waals surface area contributed by atoms with E-state index in [2.05, 4.69) is 42.2 Å². The van der Waals surface area contributed by atoms with Gasteiger partial charge in [-0.25, -0.2) is 4.39 Å². The minimum Gasteiger partial charge on any atom is -0.379 e. The average molecular weight is 360 g/mol. The highest BCUT2D eigenvalue weighted by molar-refractivity contribution is 9.11. The third kappa shape index (κ3) is 3.51. The summed E-state index contributed by atoms with van der Waals surface area (Å²) in [6.45, 7) is 0.539. The van der Waals surface area contributed by atoms with Crippen molar-refractivity contribution in [3.63, 3.8) is 0 Å². The van der Waals surface area contributed by atoms with Gasteiger partial charge in [-0.05, 0) is 56.1 Å². The number of pyridine rings is 1. The lowest BCUT2D eigenvalue weighted by Gasteiger charge is -2.07. The summed E-state index contributed by atoms with van der Waals surface area (Å²) in [7, 11) is 0. The summed E-state index contributed by atoms with van der Waals surface area (Å²) in [4.78, 5) is 4.27. The zero-order chi connectivity index (χ0) is 12.3. The topological polar surface area (TPSA) is 24.9 Å². The van der Waals surface area contributed by atoms with E-state index in [0.29, 0.717) is 6.54 Å². The molecule has 5 heteroatoms. The predicted molar refractivity (Wildman–Crippen MR) is 73.4 cm³/mol. The summed E-state index contributed by atoms with van der Waals surface area (Å²) in [5.41, 5.74) is 1.61. The molecule has 1 heterocycles. The van der Waals surface area contributed by atoms with Crippen LogP contribution in [0.15, 0.2) is 45.5 Å². The molecule has 2 aromatic rings. The third-order valence-corrected chi connectivity index (χ3v) is 3.29. The molecule has 0 saturated carbocycles. The van der Waals surface area contributed by atoms with Crippen LogP contribution in [0.2, 0.25) is 0 Å². The summed E-state index contributed by atoms with van der Waals surface area (Å²) in [6.07, 6.45) is 1.73. The number of anilines is 1. The molecule has 0 atom stereocenters. The van der Waals surface area contributed by atoms with Crippen molar-refractivity contribution in [2.24, 2.45) is 0 Å². The molecule has 0 radical (unpaired) electrons. The number of hydrogen-bond acceptors (Lipinski definition) is 2. The average Bonchev–Trinajstić information content (AvgIpc) is 2.28. The summed E-state index contributed by atoms with van der Waals surface area (Å²) < 4.78 is 14.8. The van der Waals surface area contributed by atoms with Gasteiger partial charge in [0.2, 0.25) is 0 Å². The molecule has 1 N–H and O–H groups in total. The maximum absolute atomic E-state index is 13.0. The fourth-order valence-corrected chi connectivity index (χ4v) is 2.48. The molecule has 1 aromatic heterocycles. The predicted octanol–water partition coefficient (Wildman–Crippen LogP) is 4.36. The number of rotatable bonds is 3. The molecule has 0 unspecified atom stereocenters. The number of benzene rings is 1. The highest BCUT2D eigenvalue weighted by Gasteiger charge is 2.02. The largest absolute Gasteiger partial charge is 0.379 e. The van der Waals surface area contributed by atoms with Crippen LogP contribution >= 0.6 is 31.9 Å². The third-order valence-electron chi connectivity index (χ3n) is 2.17. The van der Waals surface area contributed by atoms with Crippen molar-refractivity contribution in [2.75, 3.05) is 5.32 Å². The van der Waals surface area contributed by atoms with E-state index in [1.165, 1.54) is 12.1 Å². The Morgan fingerprint density at radius 1 is 1.24 bits per heavy atom. The lowest BCUT2D eigenvalue weighted by Crippen LogP contribution is -2.02. The van der Waals surface area contributed by atoms with Gasteiger partial charge in [-0.1, -0.05) is 6.07 Å². The number of aromatic nitrogens is 1. The molecule has 88 valence electrons. The Kier molecular flexibility index (Phi) is 4.12. The first kappa shape index (κ1) is 12.5. The number of nitrogens with zero attached hydrogens (tertiary/aromatic N) is 1. The first-order valence-corrected chi connectivity index (χ1v) is 6.53. The van der Waals surface area contributed by atoms with Crippen LogP contribution in [0.5, 0.6) is 0 Å². The van der Waals surface area contributed by atoms with E-state index in [4.69, 9.17) is 0 Å². The molecule has 0 bridgehead atoms. The molecular weight excluding hydrogens is 351 g/mol. The lowest BCUT2D eigenvalue weighted by atomic mass is 10.3.